The third-order valence-corrected chi connectivity index (χ3v) is 3.26. The number of rotatable bonds is 3. The van der Waals surface area contributed by atoms with Crippen LogP contribution in [0.3, 0.4) is 0 Å². The summed E-state index contributed by atoms with van der Waals surface area (Å²) >= 11 is 0. The number of hydrogen-bond acceptors (Lipinski definition) is 3. The lowest BCUT2D eigenvalue weighted by Gasteiger charge is -2.31. The molecular formula is C11H23N3O. The highest BCUT2D eigenvalue weighted by Crippen LogP contribution is 2.34. The molecule has 4 heteroatoms. The summed E-state index contributed by atoms with van der Waals surface area (Å²) in [6.45, 7) is 0.465. The average molecular weight is 213 g/mol. The molecule has 1 amide bonds. The van der Waals surface area contributed by atoms with Gasteiger partial charge in [0, 0.05) is 20.6 Å². The van der Waals surface area contributed by atoms with Gasteiger partial charge in [0.1, 0.15) is 0 Å². The number of nitrogens with zero attached hydrogens (tertiary/aromatic N) is 1. The van der Waals surface area contributed by atoms with Crippen molar-refractivity contribution < 1.29 is 4.79 Å². The second-order valence-electron chi connectivity index (χ2n) is 4.73. The molecule has 0 aromatic heterocycles. The topological polar surface area (TPSA) is 58.4 Å². The molecule has 1 saturated carbocycles. The van der Waals surface area contributed by atoms with Crippen LogP contribution >= 0.6 is 0 Å². The molecule has 0 aliphatic heterocycles. The first-order valence-electron chi connectivity index (χ1n) is 5.79. The summed E-state index contributed by atoms with van der Waals surface area (Å²) in [6, 6.07) is 0. The molecular weight excluding hydrogens is 190 g/mol. The van der Waals surface area contributed by atoms with Gasteiger partial charge >= 0.3 is 0 Å². The Morgan fingerprint density at radius 3 is 2.20 bits per heavy atom. The van der Waals surface area contributed by atoms with Gasteiger partial charge < -0.3 is 5.73 Å². The lowest BCUT2D eigenvalue weighted by atomic mass is 9.79. The lowest BCUT2D eigenvalue weighted by molar-refractivity contribution is -0.135. The second kappa shape index (κ2) is 5.47. The van der Waals surface area contributed by atoms with E-state index in [-0.39, 0.29) is 11.3 Å². The van der Waals surface area contributed by atoms with E-state index in [1.807, 2.05) is 14.1 Å². The van der Waals surface area contributed by atoms with Crippen LogP contribution in [0.4, 0.5) is 0 Å². The zero-order valence-electron chi connectivity index (χ0n) is 9.88. The molecule has 0 bridgehead atoms. The standard InChI is InChI=1S/C11H23N3O/c1-14(2)13-10(15)11(9-12)7-5-3-4-6-8-11/h3-9,12H2,1-2H3,(H,13,15). The van der Waals surface area contributed by atoms with Crippen molar-refractivity contribution in [1.29, 1.82) is 0 Å². The first-order valence-corrected chi connectivity index (χ1v) is 5.79. The van der Waals surface area contributed by atoms with E-state index in [9.17, 15) is 4.79 Å². The van der Waals surface area contributed by atoms with Crippen molar-refractivity contribution in [3.05, 3.63) is 0 Å². The molecule has 4 nitrogen and oxygen atoms in total. The smallest absolute Gasteiger partial charge is 0.241 e. The Hall–Kier alpha value is -0.610. The number of carbonyl (C=O) groups is 1. The van der Waals surface area contributed by atoms with E-state index >= 15 is 0 Å². The van der Waals surface area contributed by atoms with E-state index in [0.29, 0.717) is 6.54 Å². The van der Waals surface area contributed by atoms with E-state index in [1.165, 1.54) is 12.8 Å². The summed E-state index contributed by atoms with van der Waals surface area (Å²) in [5, 5.41) is 1.70. The molecule has 0 radical (unpaired) electrons. The van der Waals surface area contributed by atoms with Crippen molar-refractivity contribution in [2.75, 3.05) is 20.6 Å². The summed E-state index contributed by atoms with van der Waals surface area (Å²) in [5.41, 5.74) is 8.33. The SMILES string of the molecule is CN(C)NC(=O)C1(CN)CCCCCC1. The van der Waals surface area contributed by atoms with E-state index < -0.39 is 0 Å². The third kappa shape index (κ3) is 3.18. The van der Waals surface area contributed by atoms with Gasteiger partial charge in [-0.3, -0.25) is 10.2 Å². The van der Waals surface area contributed by atoms with E-state index in [1.54, 1.807) is 5.01 Å². The zero-order valence-corrected chi connectivity index (χ0v) is 9.88. The Morgan fingerprint density at radius 2 is 1.80 bits per heavy atom. The Morgan fingerprint density at radius 1 is 1.27 bits per heavy atom. The van der Waals surface area contributed by atoms with E-state index in [0.717, 1.165) is 25.7 Å². The summed E-state index contributed by atoms with van der Waals surface area (Å²) in [4.78, 5) is 12.1. The highest BCUT2D eigenvalue weighted by atomic mass is 16.2. The molecule has 0 unspecified atom stereocenters. The predicted octanol–water partition coefficient (Wildman–Crippen LogP) is 0.878. The molecule has 15 heavy (non-hydrogen) atoms. The molecule has 0 aromatic rings. The fourth-order valence-corrected chi connectivity index (χ4v) is 2.25. The zero-order chi connectivity index (χ0) is 11.3. The lowest BCUT2D eigenvalue weighted by Crippen LogP contribution is -2.50. The normalized spacial score (nSPS) is 21.1. The van der Waals surface area contributed by atoms with Gasteiger partial charge in [-0.2, -0.15) is 0 Å². The predicted molar refractivity (Wildman–Crippen MR) is 61.0 cm³/mol. The number of hydrazine groups is 1. The van der Waals surface area contributed by atoms with Crippen LogP contribution in [0.1, 0.15) is 38.5 Å². The number of nitrogens with one attached hydrogen (secondary N) is 1. The molecule has 0 saturated heterocycles. The Kier molecular flexibility index (Phi) is 4.54. The molecule has 1 aliphatic rings. The molecule has 0 atom stereocenters. The molecule has 88 valence electrons. The highest BCUT2D eigenvalue weighted by molar-refractivity contribution is 5.82. The van der Waals surface area contributed by atoms with Crippen LogP contribution in [-0.4, -0.2) is 31.6 Å². The number of amides is 1. The van der Waals surface area contributed by atoms with Crippen LogP contribution in [-0.2, 0) is 4.79 Å². The first-order chi connectivity index (χ1) is 7.10. The number of carbonyl (C=O) groups excluding carboxylic acids is 1. The summed E-state index contributed by atoms with van der Waals surface area (Å²) in [6.07, 6.45) is 6.58. The third-order valence-electron chi connectivity index (χ3n) is 3.26. The first kappa shape index (κ1) is 12.5. The summed E-state index contributed by atoms with van der Waals surface area (Å²) < 4.78 is 0. The molecule has 1 fully saturated rings. The van der Waals surface area contributed by atoms with Crippen molar-refractivity contribution in [2.45, 2.75) is 38.5 Å². The number of nitrogens with two attached hydrogens (primary N) is 1. The van der Waals surface area contributed by atoms with E-state index in [4.69, 9.17) is 5.73 Å². The van der Waals surface area contributed by atoms with Gasteiger partial charge in [-0.25, -0.2) is 5.01 Å². The van der Waals surface area contributed by atoms with Gasteiger partial charge in [-0.1, -0.05) is 25.7 Å². The molecule has 0 spiro atoms. The van der Waals surface area contributed by atoms with Crippen molar-refractivity contribution in [2.24, 2.45) is 11.1 Å². The highest BCUT2D eigenvalue weighted by Gasteiger charge is 2.37. The molecule has 0 aromatic carbocycles. The second-order valence-corrected chi connectivity index (χ2v) is 4.73. The minimum atomic E-state index is -0.319. The van der Waals surface area contributed by atoms with Crippen molar-refractivity contribution in [1.82, 2.24) is 10.4 Å². The Bertz CT molecular complexity index is 208. The number of hydrogen-bond donors (Lipinski definition) is 2. The average Bonchev–Trinajstić information content (AvgIpc) is 2.42. The maximum Gasteiger partial charge on any atom is 0.241 e. The van der Waals surface area contributed by atoms with Gasteiger partial charge in [0.15, 0.2) is 0 Å². The Balaban J connectivity index is 2.68. The van der Waals surface area contributed by atoms with Crippen LogP contribution in [0.25, 0.3) is 0 Å². The minimum Gasteiger partial charge on any atom is -0.329 e. The van der Waals surface area contributed by atoms with Crippen molar-refractivity contribution in [3.8, 4) is 0 Å². The minimum absolute atomic E-state index is 0.0944. The van der Waals surface area contributed by atoms with Gasteiger partial charge in [0.05, 0.1) is 5.41 Å². The fraction of sp³-hybridized carbons (Fsp3) is 0.909. The molecule has 0 heterocycles. The van der Waals surface area contributed by atoms with E-state index in [2.05, 4.69) is 5.43 Å². The summed E-state index contributed by atoms with van der Waals surface area (Å²) in [5.74, 6) is 0.0944. The quantitative estimate of drug-likeness (QED) is 0.540. The largest absolute Gasteiger partial charge is 0.329 e. The van der Waals surface area contributed by atoms with Gasteiger partial charge in [0.25, 0.3) is 0 Å². The van der Waals surface area contributed by atoms with Crippen molar-refractivity contribution in [3.63, 3.8) is 0 Å². The van der Waals surface area contributed by atoms with Crippen LogP contribution in [0.15, 0.2) is 0 Å². The molecule has 1 rings (SSSR count). The summed E-state index contributed by atoms with van der Waals surface area (Å²) in [7, 11) is 3.66. The Labute approximate surface area is 92.2 Å². The van der Waals surface area contributed by atoms with Crippen LogP contribution in [0.2, 0.25) is 0 Å². The van der Waals surface area contributed by atoms with Crippen LogP contribution in [0, 0.1) is 5.41 Å². The molecule has 3 N–H and O–H groups in total. The maximum atomic E-state index is 12.1. The fourth-order valence-electron chi connectivity index (χ4n) is 2.25. The monoisotopic (exact) mass is 213 g/mol. The van der Waals surface area contributed by atoms with Crippen molar-refractivity contribution >= 4 is 5.91 Å². The van der Waals surface area contributed by atoms with Gasteiger partial charge in [-0.15, -0.1) is 0 Å². The molecule has 1 aliphatic carbocycles. The van der Waals surface area contributed by atoms with Crippen LogP contribution in [0.5, 0.6) is 0 Å². The van der Waals surface area contributed by atoms with Crippen LogP contribution < -0.4 is 11.2 Å². The maximum absolute atomic E-state index is 12.1. The van der Waals surface area contributed by atoms with Gasteiger partial charge in [0.2, 0.25) is 5.91 Å². The van der Waals surface area contributed by atoms with Gasteiger partial charge in [-0.05, 0) is 12.8 Å².